The Morgan fingerprint density at radius 2 is 1.96 bits per heavy atom. The largest absolute Gasteiger partial charge is 0.493 e. The third kappa shape index (κ3) is 4.48. The van der Waals surface area contributed by atoms with Gasteiger partial charge >= 0.3 is 0 Å². The Bertz CT molecular complexity index is 596. The molecule has 23 heavy (non-hydrogen) atoms. The molecule has 0 saturated heterocycles. The van der Waals surface area contributed by atoms with Crippen LogP contribution in [0, 0.1) is 0 Å². The van der Waals surface area contributed by atoms with Gasteiger partial charge in [0, 0.05) is 30.5 Å². The van der Waals surface area contributed by atoms with Crippen LogP contribution in [0.5, 0.6) is 11.5 Å². The zero-order valence-corrected chi connectivity index (χ0v) is 14.6. The van der Waals surface area contributed by atoms with E-state index in [0.717, 1.165) is 17.1 Å². The molecule has 5 nitrogen and oxygen atoms in total. The van der Waals surface area contributed by atoms with Crippen LogP contribution in [0.2, 0.25) is 0 Å². The van der Waals surface area contributed by atoms with E-state index >= 15 is 0 Å². The SMILES string of the molecule is COc1cccc(CN[C@H](C)[C@@H](C)n2cccn2)c1OC(C)C. The Hall–Kier alpha value is -2.01. The Morgan fingerprint density at radius 3 is 2.57 bits per heavy atom. The fourth-order valence-electron chi connectivity index (χ4n) is 2.42. The standard InChI is InChI=1S/C18H27N3O2/c1-13(2)23-18-16(8-6-9-17(18)22-5)12-19-14(3)15(4)21-11-7-10-20-21/h6-11,13-15,19H,12H2,1-5H3/t14-,15-/m1/s1. The number of methoxy groups -OCH3 is 1. The molecular weight excluding hydrogens is 290 g/mol. The van der Waals surface area contributed by atoms with Crippen LogP contribution in [0.1, 0.15) is 39.3 Å². The predicted octanol–water partition coefficient (Wildman–Crippen LogP) is 3.42. The van der Waals surface area contributed by atoms with E-state index in [0.29, 0.717) is 6.54 Å². The number of nitrogens with one attached hydrogen (secondary N) is 1. The van der Waals surface area contributed by atoms with Gasteiger partial charge < -0.3 is 14.8 Å². The summed E-state index contributed by atoms with van der Waals surface area (Å²) in [6.07, 6.45) is 3.90. The van der Waals surface area contributed by atoms with Crippen LogP contribution in [-0.4, -0.2) is 29.0 Å². The van der Waals surface area contributed by atoms with Crippen molar-refractivity contribution in [1.29, 1.82) is 0 Å². The monoisotopic (exact) mass is 317 g/mol. The fraction of sp³-hybridized carbons (Fsp3) is 0.500. The van der Waals surface area contributed by atoms with Gasteiger partial charge in [-0.1, -0.05) is 12.1 Å². The van der Waals surface area contributed by atoms with Gasteiger partial charge in [0.1, 0.15) is 0 Å². The van der Waals surface area contributed by atoms with Gasteiger partial charge in [0.15, 0.2) is 11.5 Å². The van der Waals surface area contributed by atoms with E-state index in [2.05, 4.69) is 30.3 Å². The van der Waals surface area contributed by atoms with E-state index in [-0.39, 0.29) is 18.2 Å². The molecule has 0 fully saturated rings. The Morgan fingerprint density at radius 1 is 1.17 bits per heavy atom. The first kappa shape index (κ1) is 17.3. The number of para-hydroxylation sites is 1. The summed E-state index contributed by atoms with van der Waals surface area (Å²) in [6, 6.07) is 8.47. The van der Waals surface area contributed by atoms with E-state index in [1.165, 1.54) is 0 Å². The van der Waals surface area contributed by atoms with E-state index in [1.807, 2.05) is 42.9 Å². The lowest BCUT2D eigenvalue weighted by Gasteiger charge is -2.23. The number of rotatable bonds is 8. The Labute approximate surface area is 138 Å². The summed E-state index contributed by atoms with van der Waals surface area (Å²) in [5, 5.41) is 7.86. The summed E-state index contributed by atoms with van der Waals surface area (Å²) in [5.41, 5.74) is 1.09. The second-order valence-corrected chi connectivity index (χ2v) is 6.01. The molecule has 0 saturated carbocycles. The van der Waals surface area contributed by atoms with Crippen molar-refractivity contribution in [2.75, 3.05) is 7.11 Å². The second kappa shape index (κ2) is 8.02. The minimum atomic E-state index is 0.102. The zero-order chi connectivity index (χ0) is 16.8. The maximum atomic E-state index is 5.95. The summed E-state index contributed by atoms with van der Waals surface area (Å²) < 4.78 is 13.4. The normalized spacial score (nSPS) is 13.8. The molecule has 0 aliphatic rings. The van der Waals surface area contributed by atoms with Gasteiger partial charge in [-0.3, -0.25) is 4.68 Å². The van der Waals surface area contributed by atoms with Crippen LogP contribution in [0.15, 0.2) is 36.7 Å². The van der Waals surface area contributed by atoms with Crippen molar-refractivity contribution < 1.29 is 9.47 Å². The molecule has 0 unspecified atom stereocenters. The topological polar surface area (TPSA) is 48.3 Å². The van der Waals surface area contributed by atoms with Crippen LogP contribution >= 0.6 is 0 Å². The first-order valence-electron chi connectivity index (χ1n) is 8.08. The highest BCUT2D eigenvalue weighted by Gasteiger charge is 2.16. The number of ether oxygens (including phenoxy) is 2. The van der Waals surface area contributed by atoms with Gasteiger partial charge in [0.05, 0.1) is 19.3 Å². The Balaban J connectivity index is 2.07. The number of nitrogens with zero attached hydrogens (tertiary/aromatic N) is 2. The van der Waals surface area contributed by atoms with Gasteiger partial charge in [-0.25, -0.2) is 0 Å². The summed E-state index contributed by atoms with van der Waals surface area (Å²) in [4.78, 5) is 0. The van der Waals surface area contributed by atoms with Crippen molar-refractivity contribution in [3.8, 4) is 11.5 Å². The summed E-state index contributed by atoms with van der Waals surface area (Å²) in [7, 11) is 1.67. The van der Waals surface area contributed by atoms with Crippen LogP contribution < -0.4 is 14.8 Å². The minimum Gasteiger partial charge on any atom is -0.493 e. The third-order valence-electron chi connectivity index (χ3n) is 3.91. The van der Waals surface area contributed by atoms with Crippen molar-refractivity contribution >= 4 is 0 Å². The first-order chi connectivity index (χ1) is 11.0. The molecule has 0 aliphatic heterocycles. The van der Waals surface area contributed by atoms with E-state index < -0.39 is 0 Å². The minimum absolute atomic E-state index is 0.102. The number of hydrogen-bond donors (Lipinski definition) is 1. The van der Waals surface area contributed by atoms with Crippen LogP contribution in [0.25, 0.3) is 0 Å². The lowest BCUT2D eigenvalue weighted by molar-refractivity contribution is 0.226. The van der Waals surface area contributed by atoms with E-state index in [4.69, 9.17) is 9.47 Å². The van der Waals surface area contributed by atoms with E-state index in [1.54, 1.807) is 13.3 Å². The molecule has 0 bridgehead atoms. The summed E-state index contributed by atoms with van der Waals surface area (Å²) in [6.45, 7) is 9.07. The number of aromatic nitrogens is 2. The first-order valence-corrected chi connectivity index (χ1v) is 8.08. The zero-order valence-electron chi connectivity index (χ0n) is 14.6. The molecule has 0 spiro atoms. The third-order valence-corrected chi connectivity index (χ3v) is 3.91. The number of hydrogen-bond acceptors (Lipinski definition) is 4. The van der Waals surface area contributed by atoms with Crippen molar-refractivity contribution in [2.24, 2.45) is 0 Å². The molecule has 1 heterocycles. The fourth-order valence-corrected chi connectivity index (χ4v) is 2.42. The molecular formula is C18H27N3O2. The second-order valence-electron chi connectivity index (χ2n) is 6.01. The van der Waals surface area contributed by atoms with E-state index in [9.17, 15) is 0 Å². The average molecular weight is 317 g/mol. The lowest BCUT2D eigenvalue weighted by Crippen LogP contribution is -2.33. The van der Waals surface area contributed by atoms with Crippen molar-refractivity contribution in [1.82, 2.24) is 15.1 Å². The molecule has 5 heteroatoms. The van der Waals surface area contributed by atoms with Gasteiger partial charge in [-0.05, 0) is 39.8 Å². The lowest BCUT2D eigenvalue weighted by atomic mass is 10.1. The average Bonchev–Trinajstić information content (AvgIpc) is 3.06. The highest BCUT2D eigenvalue weighted by Crippen LogP contribution is 2.32. The van der Waals surface area contributed by atoms with Gasteiger partial charge in [-0.15, -0.1) is 0 Å². The van der Waals surface area contributed by atoms with Crippen LogP contribution in [0.4, 0.5) is 0 Å². The van der Waals surface area contributed by atoms with Crippen molar-refractivity contribution in [3.63, 3.8) is 0 Å². The maximum Gasteiger partial charge on any atom is 0.166 e. The van der Waals surface area contributed by atoms with Crippen LogP contribution in [-0.2, 0) is 6.54 Å². The number of benzene rings is 1. The maximum absolute atomic E-state index is 5.95. The molecule has 0 amide bonds. The van der Waals surface area contributed by atoms with Gasteiger partial charge in [0.2, 0.25) is 0 Å². The molecule has 2 atom stereocenters. The highest BCUT2D eigenvalue weighted by atomic mass is 16.5. The molecule has 1 N–H and O–H groups in total. The van der Waals surface area contributed by atoms with Gasteiger partial charge in [-0.2, -0.15) is 5.10 Å². The smallest absolute Gasteiger partial charge is 0.166 e. The van der Waals surface area contributed by atoms with Crippen LogP contribution in [0.3, 0.4) is 0 Å². The molecule has 0 aliphatic carbocycles. The molecule has 1 aromatic heterocycles. The molecule has 1 aromatic carbocycles. The molecule has 126 valence electrons. The summed E-state index contributed by atoms with van der Waals surface area (Å²) in [5.74, 6) is 1.59. The quantitative estimate of drug-likeness (QED) is 0.810. The molecule has 0 radical (unpaired) electrons. The molecule has 2 rings (SSSR count). The summed E-state index contributed by atoms with van der Waals surface area (Å²) >= 11 is 0. The Kier molecular flexibility index (Phi) is 6.04. The molecule has 2 aromatic rings. The predicted molar refractivity (Wildman–Crippen MR) is 92.0 cm³/mol. The highest BCUT2D eigenvalue weighted by molar-refractivity contribution is 5.46. The van der Waals surface area contributed by atoms with Crippen molar-refractivity contribution in [2.45, 2.75) is 52.4 Å². The van der Waals surface area contributed by atoms with Crippen molar-refractivity contribution in [3.05, 3.63) is 42.2 Å². The van der Waals surface area contributed by atoms with Gasteiger partial charge in [0.25, 0.3) is 0 Å².